The van der Waals surface area contributed by atoms with Gasteiger partial charge in [0.05, 0.1) is 0 Å². The number of carbonyl (C=O) groups is 3. The van der Waals surface area contributed by atoms with E-state index < -0.39 is 6.10 Å². The van der Waals surface area contributed by atoms with Gasteiger partial charge in [0.1, 0.15) is 13.2 Å². The van der Waals surface area contributed by atoms with E-state index in [1.165, 1.54) is 0 Å². The van der Waals surface area contributed by atoms with Crippen LogP contribution in [0.25, 0.3) is 0 Å². The Hall–Kier alpha value is -5.49. The third-order valence-corrected chi connectivity index (χ3v) is 9.81. The average Bonchev–Trinajstić information content (AvgIpc) is 3.34. The van der Waals surface area contributed by atoms with E-state index in [-0.39, 0.29) is 44.0 Å². The highest BCUT2D eigenvalue weighted by Gasteiger charge is 2.19. The van der Waals surface area contributed by atoms with Crippen molar-refractivity contribution in [2.24, 2.45) is 0 Å². The summed E-state index contributed by atoms with van der Waals surface area (Å²) < 4.78 is 16.7. The van der Waals surface area contributed by atoms with Crippen LogP contribution in [0.3, 0.4) is 0 Å². The summed E-state index contributed by atoms with van der Waals surface area (Å²) in [6.45, 7) is 6.10. The van der Waals surface area contributed by atoms with Gasteiger partial charge < -0.3 is 14.2 Å². The molecule has 0 rings (SSSR count). The average molecular weight is 931 g/mol. The molecule has 0 radical (unpaired) electrons. The lowest BCUT2D eigenvalue weighted by Gasteiger charge is -2.18. The van der Waals surface area contributed by atoms with Crippen molar-refractivity contribution >= 4 is 17.9 Å². The van der Waals surface area contributed by atoms with Crippen LogP contribution >= 0.6 is 0 Å². The van der Waals surface area contributed by atoms with E-state index in [0.717, 1.165) is 116 Å². The predicted octanol–water partition coefficient (Wildman–Crippen LogP) is 17.4. The molecule has 0 N–H and O–H groups in total. The second kappa shape index (κ2) is 54.1. The van der Waals surface area contributed by atoms with Gasteiger partial charge in [-0.1, -0.05) is 222 Å². The molecule has 0 bridgehead atoms. The van der Waals surface area contributed by atoms with Crippen LogP contribution in [0.4, 0.5) is 0 Å². The number of allylic oxidation sites excluding steroid dienone is 30. The molecule has 0 aromatic heterocycles. The highest BCUT2D eigenvalue weighted by atomic mass is 16.6. The third-order valence-electron chi connectivity index (χ3n) is 9.81. The summed E-state index contributed by atoms with van der Waals surface area (Å²) in [6, 6.07) is 0. The Morgan fingerprint density at radius 1 is 0.309 bits per heavy atom. The lowest BCUT2D eigenvalue weighted by atomic mass is 10.1. The van der Waals surface area contributed by atoms with Crippen molar-refractivity contribution in [1.29, 1.82) is 0 Å². The third kappa shape index (κ3) is 51.5. The second-order valence-corrected chi connectivity index (χ2v) is 16.1. The van der Waals surface area contributed by atoms with Gasteiger partial charge >= 0.3 is 17.9 Å². The van der Waals surface area contributed by atoms with Crippen molar-refractivity contribution in [3.63, 3.8) is 0 Å². The Labute approximate surface area is 414 Å². The maximum absolute atomic E-state index is 12.8. The minimum absolute atomic E-state index is 0.142. The number of hydrogen-bond acceptors (Lipinski definition) is 6. The lowest BCUT2D eigenvalue weighted by Crippen LogP contribution is -2.30. The first-order valence-corrected chi connectivity index (χ1v) is 25.9. The minimum atomic E-state index is -0.852. The summed E-state index contributed by atoms with van der Waals surface area (Å²) in [4.78, 5) is 38.0. The molecule has 0 aliphatic rings. The van der Waals surface area contributed by atoms with Crippen LogP contribution in [0.2, 0.25) is 0 Å². The molecule has 0 saturated carbocycles. The lowest BCUT2D eigenvalue weighted by molar-refractivity contribution is -0.166. The molecule has 6 heteroatoms. The van der Waals surface area contributed by atoms with E-state index in [2.05, 4.69) is 130 Å². The monoisotopic (exact) mass is 931 g/mol. The molecule has 0 aliphatic carbocycles. The number of carbonyl (C=O) groups excluding carboxylic acids is 3. The van der Waals surface area contributed by atoms with Gasteiger partial charge in [-0.05, 0) is 109 Å². The highest BCUT2D eigenvalue weighted by Crippen LogP contribution is 2.11. The van der Waals surface area contributed by atoms with Crippen molar-refractivity contribution in [2.45, 2.75) is 175 Å². The van der Waals surface area contributed by atoms with Gasteiger partial charge in [-0.2, -0.15) is 0 Å². The van der Waals surface area contributed by atoms with Crippen LogP contribution in [0, 0.1) is 0 Å². The molecule has 0 spiro atoms. The molecule has 0 aromatic carbocycles. The minimum Gasteiger partial charge on any atom is -0.462 e. The molecule has 68 heavy (non-hydrogen) atoms. The first-order chi connectivity index (χ1) is 33.5. The van der Waals surface area contributed by atoms with Crippen LogP contribution in [0.15, 0.2) is 182 Å². The summed E-state index contributed by atoms with van der Waals surface area (Å²) in [6.07, 6.45) is 81.7. The van der Waals surface area contributed by atoms with E-state index in [0.29, 0.717) is 19.3 Å². The first kappa shape index (κ1) is 62.5. The molecule has 1 unspecified atom stereocenters. The van der Waals surface area contributed by atoms with Crippen molar-refractivity contribution in [2.75, 3.05) is 13.2 Å². The van der Waals surface area contributed by atoms with E-state index in [9.17, 15) is 14.4 Å². The summed E-state index contributed by atoms with van der Waals surface area (Å²) in [5, 5.41) is 0. The molecular weight excluding hydrogens is 841 g/mol. The number of hydrogen-bond donors (Lipinski definition) is 0. The Morgan fingerprint density at radius 3 is 1.09 bits per heavy atom. The maximum Gasteiger partial charge on any atom is 0.306 e. The summed E-state index contributed by atoms with van der Waals surface area (Å²) >= 11 is 0. The maximum atomic E-state index is 12.8. The number of rotatable bonds is 43. The Balaban J connectivity index is 4.68. The second-order valence-electron chi connectivity index (χ2n) is 16.1. The molecular formula is C62H90O6. The molecule has 0 saturated heterocycles. The molecule has 0 fully saturated rings. The molecule has 6 nitrogen and oxygen atoms in total. The normalized spacial score (nSPS) is 13.6. The molecule has 0 amide bonds. The van der Waals surface area contributed by atoms with Crippen LogP contribution in [-0.2, 0) is 28.6 Å². The smallest absolute Gasteiger partial charge is 0.306 e. The Kier molecular flexibility index (Phi) is 49.7. The standard InChI is InChI=1S/C62H90O6/c1-4-7-10-13-16-19-22-25-28-30-31-33-34-37-40-43-46-49-52-55-61(64)67-58-59(57-66-60(63)54-51-48-45-42-39-36-27-24-21-18-15-12-9-6-3)68-62(65)56-53-50-47-44-41-38-35-32-29-26-23-20-17-14-11-8-5-2/h7-12,14,16-21,23,25-29,31-33,35-38,40-41,46,49,59H,4-6,13,15,22,24,30,34,39,42-45,47-48,50-58H2,1-3H3/b10-7-,11-8-,12-9-,17-14-,19-16-,21-18-,23-20-,28-25-,29-26-,33-31-,35-32+,36-27-,40-37-,41-38-,49-46-. The predicted molar refractivity (Wildman–Crippen MR) is 292 cm³/mol. The molecule has 374 valence electrons. The SMILES string of the molecule is CC\C=C/C=C\C=C/C=C\C=C\C=C/CCCCCC(=O)OC(COC(=O)CC/C=C\C/C=C\C/C=C\C/C=C\C/C=C\C/C=C\CC)COC(=O)CCCCCC/C=C\C/C=C\C/C=C\CC. The van der Waals surface area contributed by atoms with Crippen molar-refractivity contribution in [3.8, 4) is 0 Å². The number of esters is 3. The zero-order valence-electron chi connectivity index (χ0n) is 42.5. The van der Waals surface area contributed by atoms with Gasteiger partial charge in [0.25, 0.3) is 0 Å². The topological polar surface area (TPSA) is 78.9 Å². The fourth-order valence-corrected chi connectivity index (χ4v) is 6.04. The van der Waals surface area contributed by atoms with Crippen LogP contribution in [0.1, 0.15) is 168 Å². The Morgan fingerprint density at radius 2 is 0.632 bits per heavy atom. The fourth-order valence-electron chi connectivity index (χ4n) is 6.04. The van der Waals surface area contributed by atoms with Gasteiger partial charge in [-0.3, -0.25) is 14.4 Å². The molecule has 0 aromatic rings. The van der Waals surface area contributed by atoms with Crippen LogP contribution in [-0.4, -0.2) is 37.2 Å². The highest BCUT2D eigenvalue weighted by molar-refractivity contribution is 5.71. The zero-order chi connectivity index (χ0) is 49.3. The van der Waals surface area contributed by atoms with Gasteiger partial charge in [0.15, 0.2) is 6.10 Å². The van der Waals surface area contributed by atoms with Gasteiger partial charge in [-0.15, -0.1) is 0 Å². The van der Waals surface area contributed by atoms with Crippen molar-refractivity contribution < 1.29 is 28.6 Å². The summed E-state index contributed by atoms with van der Waals surface area (Å²) in [7, 11) is 0. The van der Waals surface area contributed by atoms with Crippen molar-refractivity contribution in [3.05, 3.63) is 182 Å². The van der Waals surface area contributed by atoms with Gasteiger partial charge in [0.2, 0.25) is 0 Å². The summed E-state index contributed by atoms with van der Waals surface area (Å²) in [5.74, 6) is -1.11. The first-order valence-electron chi connectivity index (χ1n) is 25.9. The fraction of sp³-hybridized carbons (Fsp3) is 0.468. The van der Waals surface area contributed by atoms with Gasteiger partial charge in [0, 0.05) is 19.3 Å². The van der Waals surface area contributed by atoms with Gasteiger partial charge in [-0.25, -0.2) is 0 Å². The van der Waals surface area contributed by atoms with E-state index in [4.69, 9.17) is 14.2 Å². The largest absolute Gasteiger partial charge is 0.462 e. The Bertz CT molecular complexity index is 1680. The van der Waals surface area contributed by atoms with E-state index in [1.807, 2.05) is 72.9 Å². The molecule has 1 atom stereocenters. The number of ether oxygens (including phenoxy) is 3. The van der Waals surface area contributed by atoms with E-state index >= 15 is 0 Å². The van der Waals surface area contributed by atoms with Crippen LogP contribution in [0.5, 0.6) is 0 Å². The number of unbranched alkanes of at least 4 members (excludes halogenated alkanes) is 7. The van der Waals surface area contributed by atoms with Crippen molar-refractivity contribution in [1.82, 2.24) is 0 Å². The zero-order valence-corrected chi connectivity index (χ0v) is 42.5. The summed E-state index contributed by atoms with van der Waals surface area (Å²) in [5.41, 5.74) is 0. The van der Waals surface area contributed by atoms with Crippen LogP contribution < -0.4 is 0 Å². The van der Waals surface area contributed by atoms with E-state index in [1.54, 1.807) is 0 Å². The quantitative estimate of drug-likeness (QED) is 0.0199. The molecule has 0 aliphatic heterocycles. The molecule has 0 heterocycles.